The molecule has 0 aromatic carbocycles. The molecule has 0 unspecified atom stereocenters. The molecule has 4 nitrogen and oxygen atoms in total. The number of hydrogen-bond donors (Lipinski definition) is 2. The molecule has 1 aliphatic carbocycles. The van der Waals surface area contributed by atoms with Gasteiger partial charge in [0.1, 0.15) is 6.10 Å². The summed E-state index contributed by atoms with van der Waals surface area (Å²) in [5, 5.41) is 19.6. The molecule has 2 rings (SSSR count). The minimum atomic E-state index is -1.15. The average Bonchev–Trinajstić information content (AvgIpc) is 2.38. The smallest absolute Gasteiger partial charge is 0.334 e. The normalized spacial score (nSPS) is 42.4. The summed E-state index contributed by atoms with van der Waals surface area (Å²) in [7, 11) is 0. The van der Waals surface area contributed by atoms with E-state index in [1.165, 1.54) is 0 Å². The molecular formula is C10H14O4. The Hall–Kier alpha value is -0.870. The second-order valence-electron chi connectivity index (χ2n) is 4.28. The maximum absolute atomic E-state index is 11.2. The van der Waals surface area contributed by atoms with Crippen molar-refractivity contribution in [3.8, 4) is 0 Å². The summed E-state index contributed by atoms with van der Waals surface area (Å²) < 4.78 is 5.00. The molecule has 2 aliphatic rings. The minimum absolute atomic E-state index is 0.373. The number of carbonyl (C=O) groups is 1. The molecule has 78 valence electrons. The van der Waals surface area contributed by atoms with Gasteiger partial charge in [0.15, 0.2) is 6.10 Å². The van der Waals surface area contributed by atoms with E-state index in [2.05, 4.69) is 0 Å². The predicted molar refractivity (Wildman–Crippen MR) is 48.4 cm³/mol. The van der Waals surface area contributed by atoms with Crippen molar-refractivity contribution >= 4 is 5.97 Å². The van der Waals surface area contributed by atoms with Crippen molar-refractivity contribution in [2.24, 2.45) is 0 Å². The summed E-state index contributed by atoms with van der Waals surface area (Å²) >= 11 is 0. The second kappa shape index (κ2) is 2.81. The molecule has 2 N–H and O–H groups in total. The molecule has 0 radical (unpaired) electrons. The number of carbonyl (C=O) groups excluding carboxylic acids is 1. The largest absolute Gasteiger partial charge is 0.452 e. The van der Waals surface area contributed by atoms with Crippen LogP contribution in [0.2, 0.25) is 0 Å². The predicted octanol–water partition coefficient (Wildman–Crippen LogP) is 0.134. The molecule has 1 fully saturated rings. The fourth-order valence-corrected chi connectivity index (χ4v) is 2.07. The first kappa shape index (κ1) is 9.68. The molecule has 0 aromatic rings. The van der Waals surface area contributed by atoms with Crippen LogP contribution in [-0.4, -0.2) is 34.0 Å². The first-order valence-electron chi connectivity index (χ1n) is 4.74. The van der Waals surface area contributed by atoms with Gasteiger partial charge in [-0.25, -0.2) is 4.79 Å². The van der Waals surface area contributed by atoms with Gasteiger partial charge in [0.2, 0.25) is 0 Å². The van der Waals surface area contributed by atoms with Crippen molar-refractivity contribution in [3.05, 3.63) is 11.1 Å². The molecule has 0 spiro atoms. The van der Waals surface area contributed by atoms with Crippen molar-refractivity contribution in [2.45, 2.75) is 44.5 Å². The van der Waals surface area contributed by atoms with Gasteiger partial charge in [-0.15, -0.1) is 0 Å². The highest BCUT2D eigenvalue weighted by atomic mass is 16.6. The fourth-order valence-electron chi connectivity index (χ4n) is 2.07. The third kappa shape index (κ3) is 1.18. The van der Waals surface area contributed by atoms with Crippen LogP contribution < -0.4 is 0 Å². The van der Waals surface area contributed by atoms with E-state index in [4.69, 9.17) is 4.74 Å². The molecule has 1 aliphatic heterocycles. The highest BCUT2D eigenvalue weighted by molar-refractivity contribution is 5.91. The van der Waals surface area contributed by atoms with Crippen LogP contribution in [0.15, 0.2) is 11.1 Å². The zero-order valence-corrected chi connectivity index (χ0v) is 8.28. The van der Waals surface area contributed by atoms with Crippen LogP contribution in [0, 0.1) is 0 Å². The molecule has 0 saturated heterocycles. The maximum atomic E-state index is 11.2. The first-order chi connectivity index (χ1) is 6.43. The lowest BCUT2D eigenvalue weighted by atomic mass is 9.78. The Bertz CT molecular complexity index is 316. The highest BCUT2D eigenvalue weighted by Gasteiger charge is 2.48. The Balaban J connectivity index is 2.33. The van der Waals surface area contributed by atoms with Gasteiger partial charge in [-0.1, -0.05) is 0 Å². The first-order valence-corrected chi connectivity index (χ1v) is 4.74. The zero-order valence-electron chi connectivity index (χ0n) is 8.28. The van der Waals surface area contributed by atoms with E-state index >= 15 is 0 Å². The Kier molecular flexibility index (Phi) is 1.94. The fraction of sp³-hybridized carbons (Fsp3) is 0.700. The summed E-state index contributed by atoms with van der Waals surface area (Å²) in [5.74, 6) is -0.373. The molecule has 4 heteroatoms. The van der Waals surface area contributed by atoms with Crippen LogP contribution in [0.1, 0.15) is 26.7 Å². The van der Waals surface area contributed by atoms with Crippen molar-refractivity contribution in [1.29, 1.82) is 0 Å². The highest BCUT2D eigenvalue weighted by Crippen LogP contribution is 2.39. The van der Waals surface area contributed by atoms with Gasteiger partial charge in [-0.3, -0.25) is 0 Å². The number of fused-ring (bicyclic) bond motifs is 1. The van der Waals surface area contributed by atoms with Crippen molar-refractivity contribution in [1.82, 2.24) is 0 Å². The molecule has 1 heterocycles. The van der Waals surface area contributed by atoms with Crippen LogP contribution in [-0.2, 0) is 9.53 Å². The summed E-state index contributed by atoms with van der Waals surface area (Å²) in [6.07, 6.45) is -0.556. The van der Waals surface area contributed by atoms with E-state index < -0.39 is 17.8 Å². The Morgan fingerprint density at radius 2 is 2.21 bits per heavy atom. The average molecular weight is 198 g/mol. The molecule has 14 heavy (non-hydrogen) atoms. The lowest BCUT2D eigenvalue weighted by Crippen LogP contribution is -2.51. The third-order valence-electron chi connectivity index (χ3n) is 3.19. The van der Waals surface area contributed by atoms with Gasteiger partial charge in [-0.2, -0.15) is 0 Å². The number of hydrogen-bond acceptors (Lipinski definition) is 4. The molecule has 1 saturated carbocycles. The van der Waals surface area contributed by atoms with Gasteiger partial charge in [0.25, 0.3) is 0 Å². The molecule has 0 bridgehead atoms. The van der Waals surface area contributed by atoms with E-state index in [1.54, 1.807) is 13.8 Å². The van der Waals surface area contributed by atoms with Crippen molar-refractivity contribution in [2.75, 3.05) is 0 Å². The summed E-state index contributed by atoms with van der Waals surface area (Å²) in [5.41, 5.74) is 0.276. The van der Waals surface area contributed by atoms with Crippen LogP contribution in [0.25, 0.3) is 0 Å². The molecule has 3 atom stereocenters. The standard InChI is InChI=1S/C10H14O4/c1-5-6-3-4-10(2,13)8(11)7(6)14-9(5)12/h7-8,11,13H,3-4H2,1-2H3/t7-,8+,10-/m1/s1. The maximum Gasteiger partial charge on any atom is 0.334 e. The van der Waals surface area contributed by atoms with Crippen LogP contribution in [0.3, 0.4) is 0 Å². The van der Waals surface area contributed by atoms with Crippen molar-refractivity contribution < 1.29 is 19.7 Å². The van der Waals surface area contributed by atoms with E-state index in [1.807, 2.05) is 0 Å². The third-order valence-corrected chi connectivity index (χ3v) is 3.19. The van der Waals surface area contributed by atoms with Gasteiger partial charge < -0.3 is 14.9 Å². The summed E-state index contributed by atoms with van der Waals surface area (Å²) in [6, 6.07) is 0. The monoisotopic (exact) mass is 198 g/mol. The van der Waals surface area contributed by atoms with Crippen LogP contribution in [0.4, 0.5) is 0 Å². The van der Waals surface area contributed by atoms with Crippen LogP contribution >= 0.6 is 0 Å². The van der Waals surface area contributed by atoms with Crippen molar-refractivity contribution in [3.63, 3.8) is 0 Å². The minimum Gasteiger partial charge on any atom is -0.452 e. The Labute approximate surface area is 82.2 Å². The second-order valence-corrected chi connectivity index (χ2v) is 4.28. The van der Waals surface area contributed by atoms with Gasteiger partial charge in [0, 0.05) is 5.57 Å². The van der Waals surface area contributed by atoms with Gasteiger partial charge in [0.05, 0.1) is 5.60 Å². The van der Waals surface area contributed by atoms with Gasteiger partial charge in [-0.05, 0) is 32.3 Å². The number of rotatable bonds is 0. The lowest BCUT2D eigenvalue weighted by Gasteiger charge is -2.37. The Morgan fingerprint density at radius 3 is 2.86 bits per heavy atom. The lowest BCUT2D eigenvalue weighted by molar-refractivity contribution is -0.159. The molecule has 0 aromatic heterocycles. The summed E-state index contributed by atoms with van der Waals surface area (Å²) in [6.45, 7) is 3.26. The van der Waals surface area contributed by atoms with Gasteiger partial charge >= 0.3 is 5.97 Å². The van der Waals surface area contributed by atoms with Crippen LogP contribution in [0.5, 0.6) is 0 Å². The van der Waals surface area contributed by atoms with E-state index in [-0.39, 0.29) is 5.97 Å². The Morgan fingerprint density at radius 1 is 1.57 bits per heavy atom. The number of esters is 1. The number of aliphatic hydroxyl groups is 2. The topological polar surface area (TPSA) is 66.8 Å². The SMILES string of the molecule is CC1=C2CC[C@@](C)(O)[C@@H](O)[C@@H]2OC1=O. The number of ether oxygens (including phenoxy) is 1. The van der Waals surface area contributed by atoms with E-state index in [9.17, 15) is 15.0 Å². The van der Waals surface area contributed by atoms with E-state index in [0.717, 1.165) is 5.57 Å². The molecule has 0 amide bonds. The molecular weight excluding hydrogens is 184 g/mol. The van der Waals surface area contributed by atoms with E-state index in [0.29, 0.717) is 18.4 Å². The number of aliphatic hydroxyl groups excluding tert-OH is 1. The quantitative estimate of drug-likeness (QED) is 0.543. The summed E-state index contributed by atoms with van der Waals surface area (Å²) in [4.78, 5) is 11.2. The zero-order chi connectivity index (χ0) is 10.5.